The summed E-state index contributed by atoms with van der Waals surface area (Å²) in [5, 5.41) is 8.49. The summed E-state index contributed by atoms with van der Waals surface area (Å²) in [6, 6.07) is 24.1. The second-order valence-corrected chi connectivity index (χ2v) is 8.41. The van der Waals surface area contributed by atoms with Gasteiger partial charge in [-0.1, -0.05) is 54.1 Å². The first-order chi connectivity index (χ1) is 18.5. The number of hydrogen-bond acceptors (Lipinski definition) is 6. The Labute approximate surface area is 224 Å². The normalized spacial score (nSPS) is 10.8. The zero-order valence-corrected chi connectivity index (χ0v) is 21.2. The number of carbonyl (C=O) groups excluding carboxylic acids is 3. The number of ether oxygens (including phenoxy) is 2. The van der Waals surface area contributed by atoms with Crippen LogP contribution in [0.4, 0.5) is 0 Å². The van der Waals surface area contributed by atoms with Gasteiger partial charge >= 0.3 is 5.97 Å². The van der Waals surface area contributed by atoms with Crippen LogP contribution in [0.5, 0.6) is 11.5 Å². The molecule has 0 atom stereocenters. The summed E-state index contributed by atoms with van der Waals surface area (Å²) in [7, 11) is 0. The fourth-order valence-corrected chi connectivity index (χ4v) is 3.83. The Balaban J connectivity index is 1.44. The van der Waals surface area contributed by atoms with Crippen LogP contribution in [0.3, 0.4) is 0 Å². The van der Waals surface area contributed by atoms with Crippen LogP contribution in [0.15, 0.2) is 90.0 Å². The van der Waals surface area contributed by atoms with Gasteiger partial charge in [0.15, 0.2) is 0 Å². The molecule has 4 aromatic rings. The minimum atomic E-state index is -0.624. The van der Waals surface area contributed by atoms with E-state index in [2.05, 4.69) is 15.8 Å². The lowest BCUT2D eigenvalue weighted by molar-refractivity contribution is -0.120. The summed E-state index contributed by atoms with van der Waals surface area (Å²) in [6.45, 7) is 2.11. The van der Waals surface area contributed by atoms with Crippen molar-refractivity contribution in [3.05, 3.63) is 107 Å². The molecule has 0 saturated heterocycles. The van der Waals surface area contributed by atoms with Gasteiger partial charge in [0.1, 0.15) is 11.5 Å². The molecule has 9 heteroatoms. The third-order valence-corrected chi connectivity index (χ3v) is 5.78. The molecule has 192 valence electrons. The molecule has 38 heavy (non-hydrogen) atoms. The number of rotatable bonds is 9. The number of halogens is 1. The quantitative estimate of drug-likeness (QED) is 0.137. The molecule has 0 aliphatic rings. The van der Waals surface area contributed by atoms with Gasteiger partial charge in [0, 0.05) is 11.1 Å². The molecule has 4 rings (SSSR count). The SMILES string of the molecule is CCOc1ccc(C(=O)NCC(=O)N/N=C/c2c(OC(=O)c3ccccc3Cl)ccc3ccccc23)cc1. The van der Waals surface area contributed by atoms with Gasteiger partial charge in [0.25, 0.3) is 11.8 Å². The Morgan fingerprint density at radius 3 is 2.42 bits per heavy atom. The maximum atomic E-state index is 12.8. The van der Waals surface area contributed by atoms with E-state index in [0.29, 0.717) is 23.5 Å². The minimum Gasteiger partial charge on any atom is -0.494 e. The number of hydrazone groups is 1. The highest BCUT2D eigenvalue weighted by Gasteiger charge is 2.16. The van der Waals surface area contributed by atoms with E-state index in [4.69, 9.17) is 21.1 Å². The number of benzene rings is 4. The zero-order chi connectivity index (χ0) is 26.9. The molecule has 0 spiro atoms. The van der Waals surface area contributed by atoms with Gasteiger partial charge in [0.2, 0.25) is 0 Å². The van der Waals surface area contributed by atoms with Gasteiger partial charge in [-0.2, -0.15) is 5.10 Å². The lowest BCUT2D eigenvalue weighted by Crippen LogP contribution is -2.34. The van der Waals surface area contributed by atoms with Crippen LogP contribution in [0.1, 0.15) is 33.2 Å². The highest BCUT2D eigenvalue weighted by atomic mass is 35.5. The summed E-state index contributed by atoms with van der Waals surface area (Å²) in [4.78, 5) is 37.4. The number of carbonyl (C=O) groups is 3. The molecule has 2 N–H and O–H groups in total. The summed E-state index contributed by atoms with van der Waals surface area (Å²) in [5.74, 6) is -0.663. The molecule has 0 aliphatic heterocycles. The second-order valence-electron chi connectivity index (χ2n) is 8.00. The molecule has 0 aliphatic carbocycles. The van der Waals surface area contributed by atoms with Gasteiger partial charge in [-0.3, -0.25) is 9.59 Å². The van der Waals surface area contributed by atoms with E-state index in [1.165, 1.54) is 6.21 Å². The van der Waals surface area contributed by atoms with Crippen LogP contribution in [0.25, 0.3) is 10.8 Å². The molecular weight excluding hydrogens is 506 g/mol. The molecule has 0 unspecified atom stereocenters. The number of hydrogen-bond donors (Lipinski definition) is 2. The molecule has 0 bridgehead atoms. The van der Waals surface area contributed by atoms with Crippen molar-refractivity contribution in [2.45, 2.75) is 6.92 Å². The Bertz CT molecular complexity index is 1500. The Morgan fingerprint density at radius 1 is 0.921 bits per heavy atom. The highest BCUT2D eigenvalue weighted by Crippen LogP contribution is 2.28. The van der Waals surface area contributed by atoms with Crippen LogP contribution in [0, 0.1) is 0 Å². The van der Waals surface area contributed by atoms with Crippen LogP contribution in [-0.4, -0.2) is 37.1 Å². The van der Waals surface area contributed by atoms with E-state index in [9.17, 15) is 14.4 Å². The average Bonchev–Trinajstić information content (AvgIpc) is 2.93. The third-order valence-electron chi connectivity index (χ3n) is 5.45. The van der Waals surface area contributed by atoms with E-state index < -0.39 is 17.8 Å². The summed E-state index contributed by atoms with van der Waals surface area (Å²) < 4.78 is 11.0. The fraction of sp³-hybridized carbons (Fsp3) is 0.103. The molecule has 0 radical (unpaired) electrons. The largest absolute Gasteiger partial charge is 0.494 e. The standard InChI is InChI=1S/C29H24ClN3O5/c1-2-37-21-14-11-20(12-15-21)28(35)31-18-27(34)33-32-17-24-22-8-4-3-7-19(22)13-16-26(24)38-29(36)23-9-5-6-10-25(23)30/h3-17H,2,18H2,1H3,(H,31,35)(H,33,34)/b32-17+. The Morgan fingerprint density at radius 2 is 1.66 bits per heavy atom. The van der Waals surface area contributed by atoms with Crippen molar-refractivity contribution < 1.29 is 23.9 Å². The maximum absolute atomic E-state index is 12.8. The predicted octanol–water partition coefficient (Wildman–Crippen LogP) is 4.99. The van der Waals surface area contributed by atoms with Gasteiger partial charge in [-0.15, -0.1) is 0 Å². The number of fused-ring (bicyclic) bond motifs is 1. The van der Waals surface area contributed by atoms with E-state index in [0.717, 1.165) is 10.8 Å². The van der Waals surface area contributed by atoms with Gasteiger partial charge in [-0.25, -0.2) is 10.2 Å². The van der Waals surface area contributed by atoms with Gasteiger partial charge in [-0.05, 0) is 60.2 Å². The first-order valence-corrected chi connectivity index (χ1v) is 12.2. The third kappa shape index (κ3) is 6.54. The molecule has 8 nitrogen and oxygen atoms in total. The number of nitrogens with zero attached hydrogens (tertiary/aromatic N) is 1. The Kier molecular flexibility index (Phi) is 8.69. The van der Waals surface area contributed by atoms with Gasteiger partial charge < -0.3 is 14.8 Å². The van der Waals surface area contributed by atoms with E-state index >= 15 is 0 Å². The second kappa shape index (κ2) is 12.5. The van der Waals surface area contributed by atoms with E-state index in [1.807, 2.05) is 37.3 Å². The first-order valence-electron chi connectivity index (χ1n) is 11.8. The van der Waals surface area contributed by atoms with Crippen LogP contribution in [-0.2, 0) is 4.79 Å². The fourth-order valence-electron chi connectivity index (χ4n) is 3.62. The van der Waals surface area contributed by atoms with Gasteiger partial charge in [0.05, 0.1) is 30.0 Å². The lowest BCUT2D eigenvalue weighted by atomic mass is 10.0. The topological polar surface area (TPSA) is 106 Å². The first kappa shape index (κ1) is 26.4. The Hall–Kier alpha value is -4.69. The highest BCUT2D eigenvalue weighted by molar-refractivity contribution is 6.33. The van der Waals surface area contributed by atoms with Crippen molar-refractivity contribution in [2.75, 3.05) is 13.2 Å². The van der Waals surface area contributed by atoms with E-state index in [-0.39, 0.29) is 22.9 Å². The van der Waals surface area contributed by atoms with Crippen molar-refractivity contribution in [1.82, 2.24) is 10.7 Å². The molecule has 2 amide bonds. The predicted molar refractivity (Wildman–Crippen MR) is 146 cm³/mol. The monoisotopic (exact) mass is 529 g/mol. The van der Waals surface area contributed by atoms with E-state index in [1.54, 1.807) is 54.6 Å². The molecule has 4 aromatic carbocycles. The van der Waals surface area contributed by atoms with Crippen LogP contribution in [0.2, 0.25) is 5.02 Å². The number of nitrogens with one attached hydrogen (secondary N) is 2. The smallest absolute Gasteiger partial charge is 0.345 e. The average molecular weight is 530 g/mol. The summed E-state index contributed by atoms with van der Waals surface area (Å²) >= 11 is 6.14. The lowest BCUT2D eigenvalue weighted by Gasteiger charge is -2.11. The van der Waals surface area contributed by atoms with Crippen molar-refractivity contribution in [3.63, 3.8) is 0 Å². The molecule has 0 heterocycles. The zero-order valence-electron chi connectivity index (χ0n) is 20.4. The number of esters is 1. The number of amides is 2. The van der Waals surface area contributed by atoms with Crippen molar-refractivity contribution >= 4 is 46.4 Å². The van der Waals surface area contributed by atoms with Crippen molar-refractivity contribution in [3.8, 4) is 11.5 Å². The van der Waals surface area contributed by atoms with Crippen molar-refractivity contribution in [2.24, 2.45) is 5.10 Å². The maximum Gasteiger partial charge on any atom is 0.345 e. The molecule has 0 fully saturated rings. The minimum absolute atomic E-state index is 0.224. The molecule has 0 saturated carbocycles. The summed E-state index contributed by atoms with van der Waals surface area (Å²) in [5.41, 5.74) is 3.49. The molecular formula is C29H24ClN3O5. The van der Waals surface area contributed by atoms with Crippen LogP contribution < -0.4 is 20.2 Å². The summed E-state index contributed by atoms with van der Waals surface area (Å²) in [6.07, 6.45) is 1.39. The van der Waals surface area contributed by atoms with Crippen molar-refractivity contribution in [1.29, 1.82) is 0 Å². The van der Waals surface area contributed by atoms with Crippen LogP contribution >= 0.6 is 11.6 Å². The molecule has 0 aromatic heterocycles.